The molecular weight excluding hydrogens is 188 g/mol. The first-order chi connectivity index (χ1) is 7.35. The summed E-state index contributed by atoms with van der Waals surface area (Å²) in [5.74, 6) is 0. The van der Waals surface area contributed by atoms with Gasteiger partial charge in [0, 0.05) is 0 Å². The first-order valence-electron chi connectivity index (χ1n) is 5.19. The first-order valence-corrected chi connectivity index (χ1v) is 5.19. The van der Waals surface area contributed by atoms with Gasteiger partial charge in [-0.1, -0.05) is 6.07 Å². The summed E-state index contributed by atoms with van der Waals surface area (Å²) < 4.78 is 5.66. The Morgan fingerprint density at radius 3 is 3.13 bits per heavy atom. The highest BCUT2D eigenvalue weighted by Crippen LogP contribution is 2.33. The Bertz CT molecular complexity index is 395. The van der Waals surface area contributed by atoms with Crippen LogP contribution in [0.1, 0.15) is 35.6 Å². The largest absolute Gasteiger partial charge is 0.369 e. The van der Waals surface area contributed by atoms with Crippen LogP contribution in [0.25, 0.3) is 0 Å². The van der Waals surface area contributed by atoms with Crippen LogP contribution in [-0.4, -0.2) is 6.54 Å². The van der Waals surface area contributed by atoms with E-state index in [0.717, 1.165) is 18.4 Å². The van der Waals surface area contributed by atoms with E-state index in [0.29, 0.717) is 18.7 Å². The van der Waals surface area contributed by atoms with Crippen molar-refractivity contribution >= 4 is 0 Å². The van der Waals surface area contributed by atoms with E-state index in [-0.39, 0.29) is 6.10 Å². The Hall–Kier alpha value is -1.37. The summed E-state index contributed by atoms with van der Waals surface area (Å²) in [7, 11) is 0. The molecule has 78 valence electrons. The van der Waals surface area contributed by atoms with Crippen LogP contribution in [-0.2, 0) is 11.3 Å². The summed E-state index contributed by atoms with van der Waals surface area (Å²) in [6.07, 6.45) is 2.12. The second kappa shape index (κ2) is 4.43. The molecule has 1 heterocycles. The van der Waals surface area contributed by atoms with Crippen molar-refractivity contribution in [2.45, 2.75) is 25.6 Å². The van der Waals surface area contributed by atoms with E-state index in [1.807, 2.05) is 18.2 Å². The van der Waals surface area contributed by atoms with Gasteiger partial charge in [-0.05, 0) is 42.6 Å². The number of hydrogen-bond acceptors (Lipinski definition) is 3. The van der Waals surface area contributed by atoms with Gasteiger partial charge in [0.25, 0.3) is 0 Å². The van der Waals surface area contributed by atoms with Crippen molar-refractivity contribution in [2.24, 2.45) is 5.73 Å². The summed E-state index contributed by atoms with van der Waals surface area (Å²) in [5.41, 5.74) is 8.55. The summed E-state index contributed by atoms with van der Waals surface area (Å²) in [4.78, 5) is 0. The molecule has 2 N–H and O–H groups in total. The van der Waals surface area contributed by atoms with Gasteiger partial charge in [-0.3, -0.25) is 0 Å². The standard InChI is InChI=1S/C12H14N2O/c13-5-1-2-12-11-4-3-9(7-14)6-10(11)8-15-12/h3-4,6,12H,1-2,5,8,13H2. The van der Waals surface area contributed by atoms with Gasteiger partial charge in [-0.2, -0.15) is 5.26 Å². The lowest BCUT2D eigenvalue weighted by molar-refractivity contribution is 0.0591. The lowest BCUT2D eigenvalue weighted by Crippen LogP contribution is -2.03. The minimum Gasteiger partial charge on any atom is -0.369 e. The van der Waals surface area contributed by atoms with Crippen LogP contribution in [0, 0.1) is 11.3 Å². The van der Waals surface area contributed by atoms with E-state index in [1.165, 1.54) is 5.56 Å². The SMILES string of the molecule is N#Cc1ccc2c(c1)COC2CCCN. The Morgan fingerprint density at radius 1 is 1.53 bits per heavy atom. The van der Waals surface area contributed by atoms with Crippen molar-refractivity contribution in [3.8, 4) is 6.07 Å². The molecule has 0 fully saturated rings. The van der Waals surface area contributed by atoms with Crippen molar-refractivity contribution in [1.82, 2.24) is 0 Å². The molecule has 15 heavy (non-hydrogen) atoms. The lowest BCUT2D eigenvalue weighted by atomic mass is 10.00. The average Bonchev–Trinajstić information content (AvgIpc) is 2.68. The van der Waals surface area contributed by atoms with E-state index in [1.54, 1.807) is 0 Å². The Labute approximate surface area is 89.5 Å². The molecule has 0 saturated carbocycles. The molecule has 3 nitrogen and oxygen atoms in total. The van der Waals surface area contributed by atoms with Crippen LogP contribution >= 0.6 is 0 Å². The molecule has 2 rings (SSSR count). The van der Waals surface area contributed by atoms with Gasteiger partial charge >= 0.3 is 0 Å². The van der Waals surface area contributed by atoms with E-state index in [4.69, 9.17) is 15.7 Å². The lowest BCUT2D eigenvalue weighted by Gasteiger charge is -2.09. The molecule has 0 spiro atoms. The predicted molar refractivity (Wildman–Crippen MR) is 57.0 cm³/mol. The molecule has 1 atom stereocenters. The Kier molecular flexibility index (Phi) is 3.00. The number of fused-ring (bicyclic) bond motifs is 1. The second-order valence-electron chi connectivity index (χ2n) is 3.76. The minimum absolute atomic E-state index is 0.177. The maximum atomic E-state index is 8.77. The highest BCUT2D eigenvalue weighted by molar-refractivity contribution is 5.40. The Balaban J connectivity index is 2.18. The average molecular weight is 202 g/mol. The molecule has 0 aromatic heterocycles. The number of ether oxygens (including phenoxy) is 1. The highest BCUT2D eigenvalue weighted by atomic mass is 16.5. The van der Waals surface area contributed by atoms with Gasteiger partial charge in [0.2, 0.25) is 0 Å². The molecule has 0 aliphatic carbocycles. The van der Waals surface area contributed by atoms with Crippen molar-refractivity contribution in [2.75, 3.05) is 6.54 Å². The number of nitrogens with zero attached hydrogens (tertiary/aromatic N) is 1. The highest BCUT2D eigenvalue weighted by Gasteiger charge is 2.22. The zero-order valence-electron chi connectivity index (χ0n) is 8.57. The molecule has 0 radical (unpaired) electrons. The van der Waals surface area contributed by atoms with Gasteiger partial charge in [-0.25, -0.2) is 0 Å². The maximum Gasteiger partial charge on any atom is 0.0991 e. The van der Waals surface area contributed by atoms with E-state index in [2.05, 4.69) is 6.07 Å². The fourth-order valence-corrected chi connectivity index (χ4v) is 1.94. The first kappa shape index (κ1) is 10.2. The monoisotopic (exact) mass is 202 g/mol. The maximum absolute atomic E-state index is 8.77. The molecule has 0 saturated heterocycles. The van der Waals surface area contributed by atoms with Gasteiger partial charge in [0.05, 0.1) is 24.3 Å². The predicted octanol–water partition coefficient (Wildman–Crippen LogP) is 1.87. The van der Waals surface area contributed by atoms with Crippen molar-refractivity contribution in [3.63, 3.8) is 0 Å². The van der Waals surface area contributed by atoms with Crippen LogP contribution < -0.4 is 5.73 Å². The van der Waals surface area contributed by atoms with Crippen LogP contribution in [0.3, 0.4) is 0 Å². The molecule has 1 aromatic carbocycles. The van der Waals surface area contributed by atoms with Gasteiger partial charge in [0.1, 0.15) is 0 Å². The summed E-state index contributed by atoms with van der Waals surface area (Å²) in [5, 5.41) is 8.77. The van der Waals surface area contributed by atoms with E-state index < -0.39 is 0 Å². The van der Waals surface area contributed by atoms with Gasteiger partial charge < -0.3 is 10.5 Å². The van der Waals surface area contributed by atoms with Gasteiger partial charge in [0.15, 0.2) is 0 Å². The third-order valence-corrected chi connectivity index (χ3v) is 2.73. The number of nitriles is 1. The number of hydrogen-bond donors (Lipinski definition) is 1. The molecule has 0 amide bonds. The fourth-order valence-electron chi connectivity index (χ4n) is 1.94. The third-order valence-electron chi connectivity index (χ3n) is 2.73. The molecular formula is C12H14N2O. The smallest absolute Gasteiger partial charge is 0.0991 e. The summed E-state index contributed by atoms with van der Waals surface area (Å²) >= 11 is 0. The number of nitrogens with two attached hydrogens (primary N) is 1. The summed E-state index contributed by atoms with van der Waals surface area (Å²) in [6, 6.07) is 7.91. The quantitative estimate of drug-likeness (QED) is 0.814. The van der Waals surface area contributed by atoms with Crippen LogP contribution in [0.15, 0.2) is 18.2 Å². The fraction of sp³-hybridized carbons (Fsp3) is 0.417. The topological polar surface area (TPSA) is 59.0 Å². The zero-order chi connectivity index (χ0) is 10.7. The number of benzene rings is 1. The summed E-state index contributed by atoms with van der Waals surface area (Å²) in [6.45, 7) is 1.32. The molecule has 1 aliphatic heterocycles. The molecule has 1 aliphatic rings. The second-order valence-corrected chi connectivity index (χ2v) is 3.76. The third kappa shape index (κ3) is 2.01. The Morgan fingerprint density at radius 2 is 2.40 bits per heavy atom. The van der Waals surface area contributed by atoms with Crippen LogP contribution in [0.5, 0.6) is 0 Å². The molecule has 3 heteroatoms. The van der Waals surface area contributed by atoms with Gasteiger partial charge in [-0.15, -0.1) is 0 Å². The van der Waals surface area contributed by atoms with Crippen molar-refractivity contribution < 1.29 is 4.74 Å². The zero-order valence-corrected chi connectivity index (χ0v) is 8.57. The van der Waals surface area contributed by atoms with Crippen LogP contribution in [0.4, 0.5) is 0 Å². The molecule has 0 bridgehead atoms. The van der Waals surface area contributed by atoms with E-state index >= 15 is 0 Å². The molecule has 1 aromatic rings. The van der Waals surface area contributed by atoms with E-state index in [9.17, 15) is 0 Å². The van der Waals surface area contributed by atoms with Crippen molar-refractivity contribution in [1.29, 1.82) is 5.26 Å². The minimum atomic E-state index is 0.177. The van der Waals surface area contributed by atoms with Crippen molar-refractivity contribution in [3.05, 3.63) is 34.9 Å². The van der Waals surface area contributed by atoms with Crippen LogP contribution in [0.2, 0.25) is 0 Å². The molecule has 1 unspecified atom stereocenters. The number of rotatable bonds is 3. The normalized spacial score (nSPS) is 18.5.